The van der Waals surface area contributed by atoms with Crippen molar-refractivity contribution in [3.8, 4) is 16.9 Å². The first-order valence-electron chi connectivity index (χ1n) is 10.1. The van der Waals surface area contributed by atoms with E-state index in [1.54, 1.807) is 0 Å². The van der Waals surface area contributed by atoms with Gasteiger partial charge in [0.15, 0.2) is 6.61 Å². The van der Waals surface area contributed by atoms with Crippen molar-refractivity contribution >= 4 is 11.8 Å². The van der Waals surface area contributed by atoms with Crippen LogP contribution in [0.25, 0.3) is 11.1 Å². The maximum atomic E-state index is 12.6. The van der Waals surface area contributed by atoms with Gasteiger partial charge in [0.1, 0.15) is 5.75 Å². The highest BCUT2D eigenvalue weighted by Crippen LogP contribution is 2.29. The number of rotatable bonds is 8. The molecule has 30 heavy (non-hydrogen) atoms. The minimum absolute atomic E-state index is 0.200. The quantitative estimate of drug-likeness (QED) is 0.547. The summed E-state index contributed by atoms with van der Waals surface area (Å²) >= 11 is 0. The summed E-state index contributed by atoms with van der Waals surface area (Å²) in [5.74, 6) is -0.356. The van der Waals surface area contributed by atoms with Crippen molar-refractivity contribution in [1.29, 1.82) is 0 Å². The van der Waals surface area contributed by atoms with E-state index < -0.39 is 5.91 Å². The molecule has 0 radical (unpaired) electrons. The van der Waals surface area contributed by atoms with E-state index in [-0.39, 0.29) is 18.4 Å². The molecule has 2 amide bonds. The summed E-state index contributed by atoms with van der Waals surface area (Å²) < 4.78 is 5.71. The fourth-order valence-corrected chi connectivity index (χ4v) is 3.27. The summed E-state index contributed by atoms with van der Waals surface area (Å²) in [7, 11) is 0. The Bertz CT molecular complexity index is 958. The molecule has 1 atom stereocenters. The van der Waals surface area contributed by atoms with Gasteiger partial charge in [0, 0.05) is 5.56 Å². The van der Waals surface area contributed by atoms with Crippen molar-refractivity contribution in [3.05, 3.63) is 90.5 Å². The highest BCUT2D eigenvalue weighted by molar-refractivity contribution is 5.87. The molecule has 0 saturated carbocycles. The Morgan fingerprint density at radius 1 is 0.833 bits per heavy atom. The minimum Gasteiger partial charge on any atom is -0.483 e. The van der Waals surface area contributed by atoms with Crippen molar-refractivity contribution < 1.29 is 14.3 Å². The molecule has 0 fully saturated rings. The molecule has 0 spiro atoms. The van der Waals surface area contributed by atoms with Crippen LogP contribution in [0.3, 0.4) is 0 Å². The number of hydrazine groups is 1. The van der Waals surface area contributed by atoms with Crippen LogP contribution in [0.2, 0.25) is 0 Å². The van der Waals surface area contributed by atoms with Crippen LogP contribution >= 0.6 is 0 Å². The van der Waals surface area contributed by atoms with E-state index in [4.69, 9.17) is 4.74 Å². The molecule has 5 nitrogen and oxygen atoms in total. The SMILES string of the molecule is CCC[C@H](C(=O)NNC(=O)COc1ccccc1-c1ccccc1)c1ccccc1. The van der Waals surface area contributed by atoms with Gasteiger partial charge in [0.25, 0.3) is 5.91 Å². The summed E-state index contributed by atoms with van der Waals surface area (Å²) in [6.07, 6.45) is 1.56. The van der Waals surface area contributed by atoms with Crippen molar-refractivity contribution in [1.82, 2.24) is 10.9 Å². The van der Waals surface area contributed by atoms with Gasteiger partial charge in [-0.15, -0.1) is 0 Å². The van der Waals surface area contributed by atoms with Crippen molar-refractivity contribution in [2.45, 2.75) is 25.7 Å². The zero-order chi connectivity index (χ0) is 21.2. The highest BCUT2D eigenvalue weighted by Gasteiger charge is 2.20. The van der Waals surface area contributed by atoms with Crippen LogP contribution in [0.4, 0.5) is 0 Å². The number of benzene rings is 3. The first kappa shape index (κ1) is 21.1. The smallest absolute Gasteiger partial charge is 0.276 e. The largest absolute Gasteiger partial charge is 0.483 e. The number of carbonyl (C=O) groups is 2. The molecule has 0 unspecified atom stereocenters. The van der Waals surface area contributed by atoms with Crippen molar-refractivity contribution in [3.63, 3.8) is 0 Å². The first-order valence-corrected chi connectivity index (χ1v) is 10.1. The molecule has 2 N–H and O–H groups in total. The fraction of sp³-hybridized carbons (Fsp3) is 0.200. The van der Waals surface area contributed by atoms with Crippen molar-refractivity contribution in [2.24, 2.45) is 0 Å². The first-order chi connectivity index (χ1) is 14.7. The van der Waals surface area contributed by atoms with Gasteiger partial charge in [-0.05, 0) is 23.6 Å². The molecule has 0 aliphatic heterocycles. The van der Waals surface area contributed by atoms with E-state index in [9.17, 15) is 9.59 Å². The minimum atomic E-state index is -0.422. The number of para-hydroxylation sites is 1. The van der Waals surface area contributed by atoms with E-state index in [0.29, 0.717) is 12.2 Å². The van der Waals surface area contributed by atoms with Crippen LogP contribution in [0.15, 0.2) is 84.9 Å². The Hall–Kier alpha value is -3.60. The van der Waals surface area contributed by atoms with Crippen LogP contribution in [-0.2, 0) is 9.59 Å². The van der Waals surface area contributed by atoms with Crippen molar-refractivity contribution in [2.75, 3.05) is 6.61 Å². The number of nitrogens with one attached hydrogen (secondary N) is 2. The molecule has 0 heterocycles. The zero-order valence-corrected chi connectivity index (χ0v) is 17.0. The van der Waals surface area contributed by atoms with E-state index >= 15 is 0 Å². The Labute approximate surface area is 177 Å². The van der Waals surface area contributed by atoms with Crippen LogP contribution < -0.4 is 15.6 Å². The molecule has 0 aliphatic rings. The summed E-state index contributed by atoms with van der Waals surface area (Å²) in [5, 5.41) is 0. The number of carbonyl (C=O) groups excluding carboxylic acids is 2. The predicted octanol–water partition coefficient (Wildman–Crippen LogP) is 4.46. The second-order valence-electron chi connectivity index (χ2n) is 6.94. The predicted molar refractivity (Wildman–Crippen MR) is 118 cm³/mol. The average Bonchev–Trinajstić information content (AvgIpc) is 2.81. The normalized spacial score (nSPS) is 11.4. The lowest BCUT2D eigenvalue weighted by Gasteiger charge is -2.17. The van der Waals surface area contributed by atoms with E-state index in [0.717, 1.165) is 23.1 Å². The summed E-state index contributed by atoms with van der Waals surface area (Å²) in [4.78, 5) is 24.8. The molecule has 0 bridgehead atoms. The Morgan fingerprint density at radius 3 is 2.17 bits per heavy atom. The fourth-order valence-electron chi connectivity index (χ4n) is 3.27. The number of hydrogen-bond acceptors (Lipinski definition) is 3. The third-order valence-corrected chi connectivity index (χ3v) is 4.75. The zero-order valence-electron chi connectivity index (χ0n) is 17.0. The highest BCUT2D eigenvalue weighted by atomic mass is 16.5. The summed E-state index contributed by atoms with van der Waals surface area (Å²) in [6, 6.07) is 26.9. The van der Waals surface area contributed by atoms with Crippen LogP contribution in [0, 0.1) is 0 Å². The van der Waals surface area contributed by atoms with Crippen LogP contribution in [0.1, 0.15) is 31.2 Å². The topological polar surface area (TPSA) is 67.4 Å². The van der Waals surface area contributed by atoms with E-state index in [1.165, 1.54) is 0 Å². The number of amides is 2. The van der Waals surface area contributed by atoms with Gasteiger partial charge in [0.2, 0.25) is 5.91 Å². The average molecular weight is 402 g/mol. The van der Waals surface area contributed by atoms with Crippen LogP contribution in [0.5, 0.6) is 5.75 Å². The lowest BCUT2D eigenvalue weighted by Crippen LogP contribution is -2.45. The lowest BCUT2D eigenvalue weighted by atomic mass is 9.94. The molecule has 0 saturated heterocycles. The molecular weight excluding hydrogens is 376 g/mol. The monoisotopic (exact) mass is 402 g/mol. The third kappa shape index (κ3) is 5.70. The molecule has 3 aromatic rings. The Kier molecular flexibility index (Phi) is 7.61. The molecule has 0 aliphatic carbocycles. The lowest BCUT2D eigenvalue weighted by molar-refractivity contribution is -0.130. The van der Waals surface area contributed by atoms with Gasteiger partial charge in [-0.25, -0.2) is 0 Å². The van der Waals surface area contributed by atoms with Gasteiger partial charge in [-0.2, -0.15) is 0 Å². The van der Waals surface area contributed by atoms with Gasteiger partial charge >= 0.3 is 0 Å². The van der Waals surface area contributed by atoms with E-state index in [2.05, 4.69) is 10.9 Å². The second kappa shape index (κ2) is 10.8. The molecule has 154 valence electrons. The Morgan fingerprint density at radius 2 is 1.47 bits per heavy atom. The standard InChI is InChI=1S/C25H26N2O3/c1-2-11-22(20-14-7-4-8-15-20)25(29)27-26-24(28)18-30-23-17-10-9-16-21(23)19-12-5-3-6-13-19/h3-10,12-17,22H,2,11,18H2,1H3,(H,26,28)(H,27,29)/t22-/m0/s1. The van der Waals surface area contributed by atoms with Gasteiger partial charge < -0.3 is 4.74 Å². The molecular formula is C25H26N2O3. The maximum absolute atomic E-state index is 12.6. The maximum Gasteiger partial charge on any atom is 0.276 e. The van der Waals surface area contributed by atoms with E-state index in [1.807, 2.05) is 91.9 Å². The molecule has 5 heteroatoms. The summed E-state index contributed by atoms with van der Waals surface area (Å²) in [6.45, 7) is 1.83. The van der Waals surface area contributed by atoms with Gasteiger partial charge in [-0.1, -0.05) is 92.2 Å². The third-order valence-electron chi connectivity index (χ3n) is 4.75. The van der Waals surface area contributed by atoms with Gasteiger partial charge in [-0.3, -0.25) is 20.4 Å². The second-order valence-corrected chi connectivity index (χ2v) is 6.94. The molecule has 0 aromatic heterocycles. The Balaban J connectivity index is 1.56. The number of ether oxygens (including phenoxy) is 1. The molecule has 3 aromatic carbocycles. The van der Waals surface area contributed by atoms with Gasteiger partial charge in [0.05, 0.1) is 5.92 Å². The summed E-state index contributed by atoms with van der Waals surface area (Å²) in [5.41, 5.74) is 7.83. The number of hydrogen-bond donors (Lipinski definition) is 2. The molecule has 3 rings (SSSR count). The van der Waals surface area contributed by atoms with Crippen LogP contribution in [-0.4, -0.2) is 18.4 Å².